The summed E-state index contributed by atoms with van der Waals surface area (Å²) in [5, 5.41) is 19.7. The Morgan fingerprint density at radius 1 is 1.20 bits per heavy atom. The number of aromatic nitrogens is 1. The van der Waals surface area contributed by atoms with Crippen molar-refractivity contribution in [3.8, 4) is 5.75 Å². The molecule has 2 atom stereocenters. The van der Waals surface area contributed by atoms with Gasteiger partial charge in [-0.15, -0.1) is 0 Å². The van der Waals surface area contributed by atoms with Crippen molar-refractivity contribution in [2.45, 2.75) is 24.7 Å². The van der Waals surface area contributed by atoms with E-state index in [1.807, 2.05) is 0 Å². The maximum Gasteiger partial charge on any atom is 0.416 e. The summed E-state index contributed by atoms with van der Waals surface area (Å²) in [6.07, 6.45) is -4.25. The summed E-state index contributed by atoms with van der Waals surface area (Å²) in [4.78, 5) is 17.6. The van der Waals surface area contributed by atoms with Gasteiger partial charge in [0.25, 0.3) is 5.91 Å². The maximum absolute atomic E-state index is 13.3. The number of halogens is 3. The first-order valence-electron chi connectivity index (χ1n) is 7.58. The van der Waals surface area contributed by atoms with Gasteiger partial charge in [0.15, 0.2) is 5.69 Å². The van der Waals surface area contributed by atoms with E-state index < -0.39 is 29.8 Å². The molecule has 2 heterocycles. The Bertz CT molecular complexity index is 795. The van der Waals surface area contributed by atoms with E-state index in [1.165, 1.54) is 36.5 Å². The molecule has 2 N–H and O–H groups in total. The van der Waals surface area contributed by atoms with Crippen LogP contribution in [0, 0.1) is 0 Å². The van der Waals surface area contributed by atoms with Crippen molar-refractivity contribution in [1.29, 1.82) is 0 Å². The number of rotatable bonds is 2. The molecule has 1 aromatic carbocycles. The van der Waals surface area contributed by atoms with Gasteiger partial charge in [-0.1, -0.05) is 18.2 Å². The van der Waals surface area contributed by atoms with Crippen molar-refractivity contribution in [2.24, 2.45) is 0 Å². The van der Waals surface area contributed by atoms with Gasteiger partial charge in [-0.2, -0.15) is 13.2 Å². The molecule has 0 aliphatic carbocycles. The zero-order valence-electron chi connectivity index (χ0n) is 12.9. The fraction of sp³-hybridized carbons (Fsp3) is 0.294. The second kappa shape index (κ2) is 6.36. The molecular weight excluding hydrogens is 337 g/mol. The Morgan fingerprint density at radius 3 is 2.60 bits per heavy atom. The first kappa shape index (κ1) is 17.2. The Hall–Kier alpha value is -2.61. The standard InChI is InChI=1S/C17H15F3N2O3/c18-17(19,20)12-5-2-1-4-11(12)13-8-10(23)9-22(13)16(25)15-14(24)6-3-7-21-15/h1-7,10,13,23-24H,8-9H2/t10-,13-/m0/s1. The lowest BCUT2D eigenvalue weighted by Gasteiger charge is -2.27. The molecule has 0 unspecified atom stereocenters. The number of hydrogen-bond donors (Lipinski definition) is 2. The number of pyridine rings is 1. The van der Waals surface area contributed by atoms with Gasteiger partial charge in [-0.3, -0.25) is 4.79 Å². The first-order valence-corrected chi connectivity index (χ1v) is 7.58. The Morgan fingerprint density at radius 2 is 1.92 bits per heavy atom. The number of alkyl halides is 3. The van der Waals surface area contributed by atoms with Crippen LogP contribution in [0.4, 0.5) is 13.2 Å². The topological polar surface area (TPSA) is 73.7 Å². The van der Waals surface area contributed by atoms with Crippen LogP contribution in [-0.2, 0) is 6.18 Å². The van der Waals surface area contributed by atoms with Crippen LogP contribution >= 0.6 is 0 Å². The number of carbonyl (C=O) groups excluding carboxylic acids is 1. The summed E-state index contributed by atoms with van der Waals surface area (Å²) >= 11 is 0. The molecule has 0 radical (unpaired) electrons. The number of hydrogen-bond acceptors (Lipinski definition) is 4. The van der Waals surface area contributed by atoms with Gasteiger partial charge in [-0.05, 0) is 30.2 Å². The number of likely N-dealkylation sites (tertiary alicyclic amines) is 1. The molecular formula is C17H15F3N2O3. The minimum Gasteiger partial charge on any atom is -0.505 e. The van der Waals surface area contributed by atoms with E-state index >= 15 is 0 Å². The fourth-order valence-electron chi connectivity index (χ4n) is 3.08. The molecule has 1 fully saturated rings. The van der Waals surface area contributed by atoms with E-state index in [0.717, 1.165) is 11.0 Å². The number of aliphatic hydroxyl groups excluding tert-OH is 1. The predicted molar refractivity (Wildman–Crippen MR) is 81.7 cm³/mol. The lowest BCUT2D eigenvalue weighted by molar-refractivity contribution is -0.138. The smallest absolute Gasteiger partial charge is 0.416 e. The molecule has 1 saturated heterocycles. The maximum atomic E-state index is 13.3. The van der Waals surface area contributed by atoms with E-state index in [2.05, 4.69) is 4.98 Å². The number of aliphatic hydroxyl groups is 1. The fourth-order valence-corrected chi connectivity index (χ4v) is 3.08. The van der Waals surface area contributed by atoms with Gasteiger partial charge >= 0.3 is 6.18 Å². The Labute approximate surface area is 141 Å². The molecule has 8 heteroatoms. The summed E-state index contributed by atoms with van der Waals surface area (Å²) in [6.45, 7) is -0.133. The monoisotopic (exact) mass is 352 g/mol. The highest BCUT2D eigenvalue weighted by Gasteiger charge is 2.42. The van der Waals surface area contributed by atoms with Gasteiger partial charge in [-0.25, -0.2) is 4.98 Å². The minimum absolute atomic E-state index is 0.0214. The molecule has 1 aromatic heterocycles. The number of aromatic hydroxyl groups is 1. The van der Waals surface area contributed by atoms with Crippen LogP contribution in [0.15, 0.2) is 42.6 Å². The van der Waals surface area contributed by atoms with Crippen LogP contribution in [0.25, 0.3) is 0 Å². The van der Waals surface area contributed by atoms with Crippen molar-refractivity contribution < 1.29 is 28.2 Å². The number of benzene rings is 1. The summed E-state index contributed by atoms with van der Waals surface area (Å²) in [5.74, 6) is -1.09. The molecule has 5 nitrogen and oxygen atoms in total. The third-order valence-electron chi connectivity index (χ3n) is 4.15. The molecule has 1 amide bonds. The van der Waals surface area contributed by atoms with Gasteiger partial charge in [0.2, 0.25) is 0 Å². The molecule has 0 saturated carbocycles. The number of amides is 1. The van der Waals surface area contributed by atoms with Crippen molar-refractivity contribution in [3.63, 3.8) is 0 Å². The zero-order valence-corrected chi connectivity index (χ0v) is 12.9. The van der Waals surface area contributed by atoms with Gasteiger partial charge in [0.05, 0.1) is 17.7 Å². The van der Waals surface area contributed by atoms with Crippen LogP contribution in [0.2, 0.25) is 0 Å². The van der Waals surface area contributed by atoms with Crippen molar-refractivity contribution in [1.82, 2.24) is 9.88 Å². The lowest BCUT2D eigenvalue weighted by atomic mass is 9.97. The summed E-state index contributed by atoms with van der Waals surface area (Å²) in [7, 11) is 0. The minimum atomic E-state index is -4.58. The van der Waals surface area contributed by atoms with Crippen molar-refractivity contribution in [2.75, 3.05) is 6.54 Å². The third kappa shape index (κ3) is 3.30. The normalized spacial score (nSPS) is 20.7. The number of β-amino-alcohol motifs (C(OH)–C–C–N with tert-alkyl or cyclic N) is 1. The zero-order chi connectivity index (χ0) is 18.2. The van der Waals surface area contributed by atoms with E-state index in [4.69, 9.17) is 0 Å². The highest BCUT2D eigenvalue weighted by atomic mass is 19.4. The van der Waals surface area contributed by atoms with Crippen LogP contribution in [-0.4, -0.2) is 38.7 Å². The molecule has 1 aliphatic rings. The van der Waals surface area contributed by atoms with Gasteiger partial charge in [0, 0.05) is 12.7 Å². The predicted octanol–water partition coefficient (Wildman–Crippen LogP) is 2.75. The van der Waals surface area contributed by atoms with E-state index in [0.29, 0.717) is 0 Å². The summed E-state index contributed by atoms with van der Waals surface area (Å²) in [6, 6.07) is 6.71. The second-order valence-corrected chi connectivity index (χ2v) is 5.82. The second-order valence-electron chi connectivity index (χ2n) is 5.82. The Kier molecular flexibility index (Phi) is 4.38. The van der Waals surface area contributed by atoms with E-state index in [-0.39, 0.29) is 30.0 Å². The average Bonchev–Trinajstić information content (AvgIpc) is 2.96. The highest BCUT2D eigenvalue weighted by Crippen LogP contribution is 2.41. The van der Waals surface area contributed by atoms with Crippen molar-refractivity contribution >= 4 is 5.91 Å². The van der Waals surface area contributed by atoms with Crippen LogP contribution < -0.4 is 0 Å². The SMILES string of the molecule is O=C(c1ncccc1O)N1C[C@@H](O)C[C@H]1c1ccccc1C(F)(F)F. The largest absolute Gasteiger partial charge is 0.505 e. The van der Waals surface area contributed by atoms with Crippen LogP contribution in [0.1, 0.15) is 34.1 Å². The molecule has 3 rings (SSSR count). The summed E-state index contributed by atoms with van der Waals surface area (Å²) in [5.41, 5.74) is -1.20. The van der Waals surface area contributed by atoms with Gasteiger partial charge in [0.1, 0.15) is 5.75 Å². The first-order chi connectivity index (χ1) is 11.8. The number of nitrogens with zero attached hydrogens (tertiary/aromatic N) is 2. The van der Waals surface area contributed by atoms with E-state index in [1.54, 1.807) is 0 Å². The van der Waals surface area contributed by atoms with E-state index in [9.17, 15) is 28.2 Å². The molecule has 25 heavy (non-hydrogen) atoms. The van der Waals surface area contributed by atoms with Crippen LogP contribution in [0.5, 0.6) is 5.75 Å². The van der Waals surface area contributed by atoms with Crippen molar-refractivity contribution in [3.05, 3.63) is 59.4 Å². The molecule has 0 spiro atoms. The molecule has 2 aromatic rings. The molecule has 132 valence electrons. The van der Waals surface area contributed by atoms with Crippen LogP contribution in [0.3, 0.4) is 0 Å². The summed E-state index contributed by atoms with van der Waals surface area (Å²) < 4.78 is 39.9. The quantitative estimate of drug-likeness (QED) is 0.872. The molecule has 0 bridgehead atoms. The average molecular weight is 352 g/mol. The van der Waals surface area contributed by atoms with Gasteiger partial charge < -0.3 is 15.1 Å². The highest BCUT2D eigenvalue weighted by molar-refractivity contribution is 5.95. The third-order valence-corrected chi connectivity index (χ3v) is 4.15. The number of carbonyl (C=O) groups is 1. The molecule has 1 aliphatic heterocycles. The Balaban J connectivity index is 2.02. The lowest BCUT2D eigenvalue weighted by Crippen LogP contribution is -2.33.